The first-order chi connectivity index (χ1) is 16.2. The lowest BCUT2D eigenvalue weighted by atomic mass is 10.0. The van der Waals surface area contributed by atoms with E-state index in [4.69, 9.17) is 10.5 Å². The Morgan fingerprint density at radius 1 is 1.15 bits per heavy atom. The summed E-state index contributed by atoms with van der Waals surface area (Å²) in [5.41, 5.74) is 8.03. The summed E-state index contributed by atoms with van der Waals surface area (Å²) in [6.07, 6.45) is 4.41. The van der Waals surface area contributed by atoms with Crippen molar-refractivity contribution >= 4 is 29.3 Å². The number of carbonyl (C=O) groups excluding carboxylic acids is 1. The Kier molecular flexibility index (Phi) is 8.34. The number of nitrogens with zero attached hydrogens (tertiary/aromatic N) is 3. The maximum atomic E-state index is 13.5. The van der Waals surface area contributed by atoms with Crippen LogP contribution >= 0.6 is 12.6 Å². The summed E-state index contributed by atoms with van der Waals surface area (Å²) >= 11 is 4.36. The summed E-state index contributed by atoms with van der Waals surface area (Å²) in [4.78, 5) is 22.0. The Morgan fingerprint density at radius 3 is 2.82 bits per heavy atom. The van der Waals surface area contributed by atoms with Crippen molar-refractivity contribution in [1.82, 2.24) is 14.8 Å². The van der Waals surface area contributed by atoms with E-state index >= 15 is 0 Å². The molecule has 1 aliphatic rings. The van der Waals surface area contributed by atoms with E-state index in [-0.39, 0.29) is 18.0 Å². The molecule has 33 heavy (non-hydrogen) atoms. The maximum Gasteiger partial charge on any atom is 0.254 e. The smallest absolute Gasteiger partial charge is 0.254 e. The molecule has 0 bridgehead atoms. The van der Waals surface area contributed by atoms with Gasteiger partial charge in [0.1, 0.15) is 0 Å². The molecule has 0 radical (unpaired) electrons. The number of pyridine rings is 1. The summed E-state index contributed by atoms with van der Waals surface area (Å²) in [6.45, 7) is 4.07. The standard InChI is InChI=1S/C26H32N4O2S/c27-22(19-33)16-29-12-13-30(17-23(29)10-14-32-18-20-5-4-11-28-15-20)26(31)25-9-3-7-21-6-1-2-8-24(21)25/h1-9,11,15,22-23,33H,10,12-14,16-19,27H2. The second-order valence-corrected chi connectivity index (χ2v) is 8.94. The third kappa shape index (κ3) is 6.12. The summed E-state index contributed by atoms with van der Waals surface area (Å²) in [5.74, 6) is 0.727. The van der Waals surface area contributed by atoms with Crippen LogP contribution in [-0.2, 0) is 11.3 Å². The van der Waals surface area contributed by atoms with Gasteiger partial charge in [-0.3, -0.25) is 14.7 Å². The zero-order valence-electron chi connectivity index (χ0n) is 18.8. The van der Waals surface area contributed by atoms with Gasteiger partial charge in [0, 0.05) is 68.6 Å². The molecule has 1 aliphatic heterocycles. The fourth-order valence-electron chi connectivity index (χ4n) is 4.43. The van der Waals surface area contributed by atoms with Crippen molar-refractivity contribution < 1.29 is 9.53 Å². The number of ether oxygens (including phenoxy) is 1. The summed E-state index contributed by atoms with van der Waals surface area (Å²) in [7, 11) is 0. The van der Waals surface area contributed by atoms with Gasteiger partial charge in [-0.25, -0.2) is 0 Å². The van der Waals surface area contributed by atoms with Crippen LogP contribution in [-0.4, -0.2) is 71.3 Å². The van der Waals surface area contributed by atoms with Crippen molar-refractivity contribution in [2.45, 2.75) is 25.1 Å². The zero-order chi connectivity index (χ0) is 23.0. The largest absolute Gasteiger partial charge is 0.377 e. The van der Waals surface area contributed by atoms with Crippen molar-refractivity contribution in [2.75, 3.05) is 38.5 Å². The van der Waals surface area contributed by atoms with Gasteiger partial charge in [-0.1, -0.05) is 42.5 Å². The normalized spacial score (nSPS) is 17.9. The highest BCUT2D eigenvalue weighted by molar-refractivity contribution is 7.80. The molecule has 174 valence electrons. The van der Waals surface area contributed by atoms with E-state index in [0.717, 1.165) is 41.4 Å². The Hall–Kier alpha value is -2.45. The number of piperazine rings is 1. The third-order valence-corrected chi connectivity index (χ3v) is 6.67. The molecule has 1 fully saturated rings. The van der Waals surface area contributed by atoms with Crippen molar-refractivity contribution in [3.63, 3.8) is 0 Å². The topological polar surface area (TPSA) is 71.7 Å². The van der Waals surface area contributed by atoms with Gasteiger partial charge in [0.25, 0.3) is 5.91 Å². The monoisotopic (exact) mass is 464 g/mol. The van der Waals surface area contributed by atoms with E-state index in [2.05, 4.69) is 22.5 Å². The quantitative estimate of drug-likeness (QED) is 0.376. The van der Waals surface area contributed by atoms with Gasteiger partial charge in [0.05, 0.1) is 6.61 Å². The molecule has 2 unspecified atom stereocenters. The van der Waals surface area contributed by atoms with Gasteiger partial charge in [-0.05, 0) is 34.9 Å². The Bertz CT molecular complexity index is 1040. The molecule has 1 amide bonds. The minimum absolute atomic E-state index is 0.00691. The summed E-state index contributed by atoms with van der Waals surface area (Å²) in [6, 6.07) is 18.1. The van der Waals surface area contributed by atoms with Crippen LogP contribution in [0.15, 0.2) is 67.0 Å². The number of thiol groups is 1. The number of benzene rings is 2. The third-order valence-electron chi connectivity index (χ3n) is 6.20. The number of rotatable bonds is 9. The number of hydrogen-bond donors (Lipinski definition) is 2. The van der Waals surface area contributed by atoms with E-state index in [9.17, 15) is 4.79 Å². The number of aromatic nitrogens is 1. The van der Waals surface area contributed by atoms with Crippen LogP contribution in [0.3, 0.4) is 0 Å². The molecule has 3 aromatic rings. The van der Waals surface area contributed by atoms with Crippen LogP contribution in [0.25, 0.3) is 10.8 Å². The highest BCUT2D eigenvalue weighted by Gasteiger charge is 2.31. The molecular weight excluding hydrogens is 432 g/mol. The van der Waals surface area contributed by atoms with Gasteiger partial charge in [0.2, 0.25) is 0 Å². The SMILES string of the molecule is NC(CS)CN1CCN(C(=O)c2cccc3ccccc23)CC1CCOCc1cccnc1. The van der Waals surface area contributed by atoms with Crippen molar-refractivity contribution in [3.8, 4) is 0 Å². The second-order valence-electron chi connectivity index (χ2n) is 8.57. The van der Waals surface area contributed by atoms with Crippen molar-refractivity contribution in [1.29, 1.82) is 0 Å². The van der Waals surface area contributed by atoms with E-state index in [1.54, 1.807) is 6.20 Å². The number of hydrogen-bond acceptors (Lipinski definition) is 6. The molecule has 1 saturated heterocycles. The van der Waals surface area contributed by atoms with Crippen LogP contribution in [0.2, 0.25) is 0 Å². The van der Waals surface area contributed by atoms with Gasteiger partial charge in [-0.2, -0.15) is 12.6 Å². The maximum absolute atomic E-state index is 13.5. The minimum atomic E-state index is 0.00691. The molecule has 2 heterocycles. The Morgan fingerprint density at radius 2 is 2.00 bits per heavy atom. The van der Waals surface area contributed by atoms with Gasteiger partial charge in [0.15, 0.2) is 0 Å². The molecule has 2 aromatic carbocycles. The van der Waals surface area contributed by atoms with Crippen molar-refractivity contribution in [2.24, 2.45) is 5.73 Å². The Balaban J connectivity index is 1.43. The van der Waals surface area contributed by atoms with Crippen LogP contribution in [0.1, 0.15) is 22.3 Å². The molecule has 0 saturated carbocycles. The highest BCUT2D eigenvalue weighted by Crippen LogP contribution is 2.22. The van der Waals surface area contributed by atoms with Gasteiger partial charge >= 0.3 is 0 Å². The molecule has 7 heteroatoms. The lowest BCUT2D eigenvalue weighted by Crippen LogP contribution is -2.57. The lowest BCUT2D eigenvalue weighted by Gasteiger charge is -2.42. The fourth-order valence-corrected chi connectivity index (χ4v) is 4.54. The number of nitrogens with two attached hydrogens (primary N) is 1. The van der Waals surface area contributed by atoms with E-state index < -0.39 is 0 Å². The summed E-state index contributed by atoms with van der Waals surface area (Å²) < 4.78 is 5.92. The number of fused-ring (bicyclic) bond motifs is 1. The molecule has 4 rings (SSSR count). The van der Waals surface area contributed by atoms with Crippen LogP contribution in [0.4, 0.5) is 0 Å². The summed E-state index contributed by atoms with van der Waals surface area (Å²) in [5, 5.41) is 2.09. The minimum Gasteiger partial charge on any atom is -0.377 e. The van der Waals surface area contributed by atoms with Crippen LogP contribution < -0.4 is 5.73 Å². The first-order valence-corrected chi connectivity index (χ1v) is 12.1. The number of amides is 1. The van der Waals surface area contributed by atoms with Gasteiger partial charge in [-0.15, -0.1) is 0 Å². The molecule has 0 spiro atoms. The average molecular weight is 465 g/mol. The molecule has 6 nitrogen and oxygen atoms in total. The highest BCUT2D eigenvalue weighted by atomic mass is 32.1. The van der Waals surface area contributed by atoms with Crippen LogP contribution in [0.5, 0.6) is 0 Å². The van der Waals surface area contributed by atoms with E-state index in [1.165, 1.54) is 0 Å². The molecule has 1 aromatic heterocycles. The predicted octanol–water partition coefficient (Wildman–Crippen LogP) is 3.23. The molecule has 0 aliphatic carbocycles. The second kappa shape index (κ2) is 11.6. The lowest BCUT2D eigenvalue weighted by molar-refractivity contribution is 0.0317. The predicted molar refractivity (Wildman–Crippen MR) is 136 cm³/mol. The molecule has 2 atom stereocenters. The number of carbonyl (C=O) groups is 1. The molecule has 2 N–H and O–H groups in total. The Labute approximate surface area is 201 Å². The first-order valence-electron chi connectivity index (χ1n) is 11.5. The van der Waals surface area contributed by atoms with Crippen molar-refractivity contribution in [3.05, 3.63) is 78.1 Å². The zero-order valence-corrected chi connectivity index (χ0v) is 19.7. The van der Waals surface area contributed by atoms with Gasteiger partial charge < -0.3 is 15.4 Å². The fraction of sp³-hybridized carbons (Fsp3) is 0.385. The van der Waals surface area contributed by atoms with E-state index in [0.29, 0.717) is 32.1 Å². The van der Waals surface area contributed by atoms with Crippen LogP contribution in [0, 0.1) is 0 Å². The molecular formula is C26H32N4O2S. The first kappa shape index (κ1) is 23.7. The van der Waals surface area contributed by atoms with E-state index in [1.807, 2.05) is 65.7 Å². The average Bonchev–Trinajstić information content (AvgIpc) is 2.87.